The lowest BCUT2D eigenvalue weighted by Crippen LogP contribution is -2.48. The summed E-state index contributed by atoms with van der Waals surface area (Å²) in [6.07, 6.45) is 2.14. The van der Waals surface area contributed by atoms with E-state index in [1.54, 1.807) is 16.7 Å². The topological polar surface area (TPSA) is 65.7 Å². The smallest absolute Gasteiger partial charge is 0.233 e. The lowest BCUT2D eigenvalue weighted by atomic mass is 9.95. The Morgan fingerprint density at radius 1 is 1.38 bits per heavy atom. The summed E-state index contributed by atoms with van der Waals surface area (Å²) in [5.74, 6) is 0.307. The zero-order valence-corrected chi connectivity index (χ0v) is 14.7. The summed E-state index contributed by atoms with van der Waals surface area (Å²) in [7, 11) is 0. The van der Waals surface area contributed by atoms with E-state index in [0.717, 1.165) is 11.4 Å². The Kier molecular flexibility index (Phi) is 5.48. The summed E-state index contributed by atoms with van der Waals surface area (Å²) in [4.78, 5) is 15.3. The molecule has 0 radical (unpaired) electrons. The monoisotopic (exact) mass is 348 g/mol. The number of thioether (sulfide) groups is 1. The minimum Gasteiger partial charge on any atom is -0.396 e. The van der Waals surface area contributed by atoms with Gasteiger partial charge in [0.2, 0.25) is 5.91 Å². The highest BCUT2D eigenvalue weighted by atomic mass is 32.2. The molecular formula is C18H24N2O3S. The van der Waals surface area contributed by atoms with Crippen LogP contribution in [0.3, 0.4) is 0 Å². The van der Waals surface area contributed by atoms with Crippen LogP contribution < -0.4 is 0 Å². The SMILES string of the molecule is CCn1cc(SCC(=O)N2CC[C@@H](CO)[C@H](O)C2)c2ccccc21. The lowest BCUT2D eigenvalue weighted by Gasteiger charge is -2.35. The number of likely N-dealkylation sites (tertiary alicyclic amines) is 1. The Labute approximate surface area is 146 Å². The van der Waals surface area contributed by atoms with E-state index in [9.17, 15) is 15.0 Å². The summed E-state index contributed by atoms with van der Waals surface area (Å²) >= 11 is 1.55. The van der Waals surface area contributed by atoms with Crippen molar-refractivity contribution in [2.75, 3.05) is 25.4 Å². The first-order valence-corrected chi connectivity index (χ1v) is 9.40. The van der Waals surface area contributed by atoms with Crippen LogP contribution in [0.5, 0.6) is 0 Å². The number of carbonyl (C=O) groups excluding carboxylic acids is 1. The van der Waals surface area contributed by atoms with Crippen molar-refractivity contribution in [3.05, 3.63) is 30.5 Å². The summed E-state index contributed by atoms with van der Waals surface area (Å²) in [5.41, 5.74) is 1.19. The number of para-hydroxylation sites is 1. The third-order valence-electron chi connectivity index (χ3n) is 4.75. The van der Waals surface area contributed by atoms with Crippen molar-refractivity contribution in [1.82, 2.24) is 9.47 Å². The van der Waals surface area contributed by atoms with Crippen molar-refractivity contribution < 1.29 is 15.0 Å². The molecule has 6 heteroatoms. The second-order valence-corrected chi connectivity index (χ2v) is 7.24. The third kappa shape index (κ3) is 3.45. The van der Waals surface area contributed by atoms with E-state index in [1.807, 2.05) is 12.1 Å². The van der Waals surface area contributed by atoms with Gasteiger partial charge in [-0.3, -0.25) is 4.79 Å². The Morgan fingerprint density at radius 2 is 2.17 bits per heavy atom. The largest absolute Gasteiger partial charge is 0.396 e. The maximum Gasteiger partial charge on any atom is 0.233 e. The molecule has 1 saturated heterocycles. The molecule has 0 saturated carbocycles. The van der Waals surface area contributed by atoms with Crippen LogP contribution in [0.2, 0.25) is 0 Å². The van der Waals surface area contributed by atoms with Crippen LogP contribution in [-0.2, 0) is 11.3 Å². The Bertz CT molecular complexity index is 715. The summed E-state index contributed by atoms with van der Waals surface area (Å²) in [6.45, 7) is 3.92. The third-order valence-corrected chi connectivity index (χ3v) is 5.78. The molecule has 2 N–H and O–H groups in total. The molecule has 0 bridgehead atoms. The fraction of sp³-hybridized carbons (Fsp3) is 0.500. The Balaban J connectivity index is 1.65. The van der Waals surface area contributed by atoms with Gasteiger partial charge in [0, 0.05) is 54.2 Å². The molecule has 0 unspecified atom stereocenters. The van der Waals surface area contributed by atoms with Gasteiger partial charge in [-0.2, -0.15) is 0 Å². The molecule has 1 aromatic carbocycles. The number of hydrogen-bond acceptors (Lipinski definition) is 4. The van der Waals surface area contributed by atoms with E-state index in [4.69, 9.17) is 0 Å². The number of aromatic nitrogens is 1. The van der Waals surface area contributed by atoms with Crippen molar-refractivity contribution in [3.63, 3.8) is 0 Å². The van der Waals surface area contributed by atoms with Gasteiger partial charge < -0.3 is 19.7 Å². The number of β-amino-alcohol motifs (C(OH)–C–C–N with tert-alkyl or cyclic N) is 1. The molecule has 3 rings (SSSR count). The summed E-state index contributed by atoms with van der Waals surface area (Å²) in [5, 5.41) is 20.4. The first kappa shape index (κ1) is 17.3. The van der Waals surface area contributed by atoms with Gasteiger partial charge in [0.25, 0.3) is 0 Å². The van der Waals surface area contributed by atoms with Gasteiger partial charge >= 0.3 is 0 Å². The number of carbonyl (C=O) groups is 1. The lowest BCUT2D eigenvalue weighted by molar-refractivity contribution is -0.133. The Hall–Kier alpha value is -1.50. The maximum atomic E-state index is 12.4. The van der Waals surface area contributed by atoms with Crippen molar-refractivity contribution in [3.8, 4) is 0 Å². The summed E-state index contributed by atoms with van der Waals surface area (Å²) < 4.78 is 2.19. The number of hydrogen-bond donors (Lipinski definition) is 2. The number of benzene rings is 1. The normalized spacial score (nSPS) is 21.4. The molecule has 0 spiro atoms. The van der Waals surface area contributed by atoms with Gasteiger partial charge in [0.15, 0.2) is 0 Å². The fourth-order valence-corrected chi connectivity index (χ4v) is 4.23. The first-order valence-electron chi connectivity index (χ1n) is 8.41. The zero-order valence-electron chi connectivity index (χ0n) is 13.9. The molecule has 5 nitrogen and oxygen atoms in total. The van der Waals surface area contributed by atoms with Gasteiger partial charge in [-0.15, -0.1) is 11.8 Å². The van der Waals surface area contributed by atoms with Crippen molar-refractivity contribution in [2.24, 2.45) is 5.92 Å². The fourth-order valence-electron chi connectivity index (χ4n) is 3.24. The highest BCUT2D eigenvalue weighted by Gasteiger charge is 2.29. The standard InChI is InChI=1S/C18H24N2O3S/c1-2-19-10-17(14-5-3-4-6-15(14)19)24-12-18(23)20-8-7-13(11-21)16(22)9-20/h3-6,10,13,16,21-22H,2,7-9,11-12H2,1H3/t13-,16+/m0/s1. The van der Waals surface area contributed by atoms with Crippen LogP contribution in [0.15, 0.2) is 35.4 Å². The van der Waals surface area contributed by atoms with Gasteiger partial charge in [-0.05, 0) is 19.4 Å². The second-order valence-electron chi connectivity index (χ2n) is 6.22. The minimum absolute atomic E-state index is 0.0194. The number of aryl methyl sites for hydroxylation is 1. The highest BCUT2D eigenvalue weighted by molar-refractivity contribution is 8.00. The highest BCUT2D eigenvalue weighted by Crippen LogP contribution is 2.30. The zero-order chi connectivity index (χ0) is 17.1. The second kappa shape index (κ2) is 7.59. The summed E-state index contributed by atoms with van der Waals surface area (Å²) in [6, 6.07) is 8.23. The maximum absolute atomic E-state index is 12.4. The molecular weight excluding hydrogens is 324 g/mol. The molecule has 1 amide bonds. The van der Waals surface area contributed by atoms with Gasteiger partial charge in [0.05, 0.1) is 11.9 Å². The molecule has 1 fully saturated rings. The number of fused-ring (bicyclic) bond motifs is 1. The molecule has 1 aromatic heterocycles. The molecule has 130 valence electrons. The number of amides is 1. The predicted octanol–water partition coefficient (Wildman–Crippen LogP) is 1.96. The molecule has 1 aliphatic heterocycles. The van der Waals surface area contributed by atoms with Crippen molar-refractivity contribution in [2.45, 2.75) is 30.9 Å². The van der Waals surface area contributed by atoms with E-state index < -0.39 is 6.10 Å². The number of aliphatic hydroxyl groups is 2. The van der Waals surface area contributed by atoms with Crippen LogP contribution >= 0.6 is 11.8 Å². The van der Waals surface area contributed by atoms with E-state index in [1.165, 1.54) is 10.9 Å². The van der Waals surface area contributed by atoms with E-state index in [-0.39, 0.29) is 18.4 Å². The average molecular weight is 348 g/mol. The van der Waals surface area contributed by atoms with Crippen LogP contribution in [0, 0.1) is 5.92 Å². The molecule has 2 atom stereocenters. The predicted molar refractivity (Wildman–Crippen MR) is 96.1 cm³/mol. The molecule has 24 heavy (non-hydrogen) atoms. The minimum atomic E-state index is -0.625. The molecule has 2 aromatic rings. The first-order chi connectivity index (χ1) is 11.6. The van der Waals surface area contributed by atoms with Gasteiger partial charge in [0.1, 0.15) is 0 Å². The van der Waals surface area contributed by atoms with Crippen LogP contribution in [-0.4, -0.2) is 57.1 Å². The quantitative estimate of drug-likeness (QED) is 0.811. The van der Waals surface area contributed by atoms with E-state index in [0.29, 0.717) is 25.3 Å². The van der Waals surface area contributed by atoms with Crippen molar-refractivity contribution in [1.29, 1.82) is 0 Å². The van der Waals surface area contributed by atoms with E-state index >= 15 is 0 Å². The van der Waals surface area contributed by atoms with Gasteiger partial charge in [-0.1, -0.05) is 18.2 Å². The van der Waals surface area contributed by atoms with Crippen LogP contribution in [0.4, 0.5) is 0 Å². The number of rotatable bonds is 5. The van der Waals surface area contributed by atoms with Crippen LogP contribution in [0.25, 0.3) is 10.9 Å². The number of nitrogens with zero attached hydrogens (tertiary/aromatic N) is 2. The average Bonchev–Trinajstić information content (AvgIpc) is 2.97. The van der Waals surface area contributed by atoms with E-state index in [2.05, 4.69) is 29.8 Å². The Morgan fingerprint density at radius 3 is 2.88 bits per heavy atom. The molecule has 1 aliphatic rings. The molecule has 0 aliphatic carbocycles. The number of aliphatic hydroxyl groups excluding tert-OH is 2. The van der Waals surface area contributed by atoms with Crippen LogP contribution in [0.1, 0.15) is 13.3 Å². The van der Waals surface area contributed by atoms with Gasteiger partial charge in [-0.25, -0.2) is 0 Å². The number of piperidine rings is 1. The van der Waals surface area contributed by atoms with Crippen molar-refractivity contribution >= 4 is 28.6 Å². The molecule has 2 heterocycles.